The van der Waals surface area contributed by atoms with Crippen molar-refractivity contribution in [3.8, 4) is 0 Å². The molecule has 2 nitrogen and oxygen atoms in total. The van der Waals surface area contributed by atoms with Gasteiger partial charge >= 0.3 is 0 Å². The fourth-order valence-corrected chi connectivity index (χ4v) is 3.30. The molecule has 3 rings (SSSR count). The zero-order chi connectivity index (χ0) is 14.1. The van der Waals surface area contributed by atoms with E-state index in [1.54, 1.807) is 0 Å². The molecule has 1 aliphatic carbocycles. The number of carbonyl (C=O) groups is 1. The van der Waals surface area contributed by atoms with Crippen LogP contribution in [0.5, 0.6) is 0 Å². The standard InChI is InChI=1S/C17H18ClNO/c1-11-6-9-15(19-16(20)10-18)17-13(11)8-7-12-4-2-3-5-14(12)17/h2-5,7-8,11,15H,6,9-10H2,1H3,(H,19,20). The van der Waals surface area contributed by atoms with Crippen LogP contribution in [0, 0.1) is 0 Å². The van der Waals surface area contributed by atoms with E-state index >= 15 is 0 Å². The molecule has 1 aliphatic rings. The van der Waals surface area contributed by atoms with E-state index in [4.69, 9.17) is 11.6 Å². The van der Waals surface area contributed by atoms with Crippen LogP contribution >= 0.6 is 11.6 Å². The summed E-state index contributed by atoms with van der Waals surface area (Å²) in [7, 11) is 0. The van der Waals surface area contributed by atoms with Gasteiger partial charge in [0.2, 0.25) is 5.91 Å². The fourth-order valence-electron chi connectivity index (χ4n) is 3.22. The van der Waals surface area contributed by atoms with Crippen LogP contribution in [-0.4, -0.2) is 11.8 Å². The van der Waals surface area contributed by atoms with Crippen LogP contribution in [0.2, 0.25) is 0 Å². The molecule has 20 heavy (non-hydrogen) atoms. The second-order valence-electron chi connectivity index (χ2n) is 5.52. The number of halogens is 1. The molecule has 3 heteroatoms. The third-order valence-corrected chi connectivity index (χ3v) is 4.47. The minimum atomic E-state index is -0.0925. The van der Waals surface area contributed by atoms with E-state index in [9.17, 15) is 4.79 Å². The lowest BCUT2D eigenvalue weighted by Crippen LogP contribution is -2.32. The van der Waals surface area contributed by atoms with Crippen molar-refractivity contribution in [1.29, 1.82) is 0 Å². The molecule has 104 valence electrons. The fraction of sp³-hybridized carbons (Fsp3) is 0.353. The van der Waals surface area contributed by atoms with Crippen LogP contribution in [0.1, 0.15) is 42.9 Å². The van der Waals surface area contributed by atoms with E-state index in [1.807, 2.05) is 6.07 Å². The molecular formula is C17H18ClNO. The molecular weight excluding hydrogens is 270 g/mol. The van der Waals surface area contributed by atoms with Gasteiger partial charge < -0.3 is 5.32 Å². The minimum Gasteiger partial charge on any atom is -0.348 e. The highest BCUT2D eigenvalue weighted by molar-refractivity contribution is 6.27. The van der Waals surface area contributed by atoms with Crippen LogP contribution in [0.4, 0.5) is 0 Å². The van der Waals surface area contributed by atoms with E-state index in [-0.39, 0.29) is 17.8 Å². The highest BCUT2D eigenvalue weighted by Crippen LogP contribution is 2.41. The first-order valence-corrected chi connectivity index (χ1v) is 7.61. The van der Waals surface area contributed by atoms with Crippen molar-refractivity contribution in [2.24, 2.45) is 0 Å². The number of alkyl halides is 1. The summed E-state index contributed by atoms with van der Waals surface area (Å²) in [6.07, 6.45) is 2.07. The van der Waals surface area contributed by atoms with Crippen molar-refractivity contribution in [3.63, 3.8) is 0 Å². The van der Waals surface area contributed by atoms with Crippen LogP contribution < -0.4 is 5.32 Å². The number of nitrogens with one attached hydrogen (secondary N) is 1. The van der Waals surface area contributed by atoms with Crippen LogP contribution in [0.15, 0.2) is 36.4 Å². The van der Waals surface area contributed by atoms with E-state index in [0.29, 0.717) is 5.92 Å². The molecule has 2 aromatic carbocycles. The maximum Gasteiger partial charge on any atom is 0.235 e. The normalized spacial score (nSPS) is 21.5. The Balaban J connectivity index is 2.14. The van der Waals surface area contributed by atoms with Gasteiger partial charge in [-0.3, -0.25) is 4.79 Å². The highest BCUT2D eigenvalue weighted by atomic mass is 35.5. The van der Waals surface area contributed by atoms with Crippen molar-refractivity contribution in [2.75, 3.05) is 5.88 Å². The lowest BCUT2D eigenvalue weighted by atomic mass is 9.78. The Morgan fingerprint density at radius 1 is 1.25 bits per heavy atom. The minimum absolute atomic E-state index is 0.0200. The molecule has 2 aromatic rings. The Morgan fingerprint density at radius 2 is 2.05 bits per heavy atom. The molecule has 0 fully saturated rings. The maximum atomic E-state index is 11.7. The van der Waals surface area contributed by atoms with Crippen molar-refractivity contribution < 1.29 is 4.79 Å². The van der Waals surface area contributed by atoms with Crippen LogP contribution in [0.3, 0.4) is 0 Å². The van der Waals surface area contributed by atoms with Crippen molar-refractivity contribution >= 4 is 28.3 Å². The molecule has 0 aromatic heterocycles. The van der Waals surface area contributed by atoms with E-state index in [0.717, 1.165) is 12.8 Å². The Hall–Kier alpha value is -1.54. The van der Waals surface area contributed by atoms with E-state index < -0.39 is 0 Å². The molecule has 1 N–H and O–H groups in total. The third kappa shape index (κ3) is 2.29. The number of amides is 1. The Labute approximate surface area is 124 Å². The zero-order valence-electron chi connectivity index (χ0n) is 11.5. The molecule has 0 saturated carbocycles. The van der Waals surface area contributed by atoms with Crippen molar-refractivity contribution in [1.82, 2.24) is 5.32 Å². The summed E-state index contributed by atoms with van der Waals surface area (Å²) in [6.45, 7) is 2.26. The molecule has 2 unspecified atom stereocenters. The van der Waals surface area contributed by atoms with E-state index in [2.05, 4.69) is 42.6 Å². The first-order chi connectivity index (χ1) is 9.70. The number of benzene rings is 2. The number of hydrogen-bond acceptors (Lipinski definition) is 1. The quantitative estimate of drug-likeness (QED) is 0.827. The SMILES string of the molecule is CC1CCC(NC(=O)CCl)c2c1ccc1ccccc21. The lowest BCUT2D eigenvalue weighted by Gasteiger charge is -2.31. The monoisotopic (exact) mass is 287 g/mol. The Bertz CT molecular complexity index is 652. The van der Waals surface area contributed by atoms with Crippen LogP contribution in [0.25, 0.3) is 10.8 Å². The van der Waals surface area contributed by atoms with Gasteiger partial charge in [0.05, 0.1) is 6.04 Å². The van der Waals surface area contributed by atoms with Gasteiger partial charge in [0.15, 0.2) is 0 Å². The second-order valence-corrected chi connectivity index (χ2v) is 5.79. The van der Waals surface area contributed by atoms with Crippen molar-refractivity contribution in [2.45, 2.75) is 31.7 Å². The summed E-state index contributed by atoms with van der Waals surface area (Å²) >= 11 is 5.63. The molecule has 0 bridgehead atoms. The molecule has 0 radical (unpaired) electrons. The first kappa shape index (κ1) is 13.4. The summed E-state index contributed by atoms with van der Waals surface area (Å²) in [5, 5.41) is 5.54. The molecule has 0 aliphatic heterocycles. The Kier molecular flexibility index (Phi) is 3.66. The van der Waals surface area contributed by atoms with E-state index in [1.165, 1.54) is 21.9 Å². The number of hydrogen-bond donors (Lipinski definition) is 1. The smallest absolute Gasteiger partial charge is 0.235 e. The summed E-state index contributed by atoms with van der Waals surface area (Å²) in [5.74, 6) is 0.468. The third-order valence-electron chi connectivity index (χ3n) is 4.23. The van der Waals surface area contributed by atoms with Gasteiger partial charge in [0.25, 0.3) is 0 Å². The largest absolute Gasteiger partial charge is 0.348 e. The summed E-state index contributed by atoms with van der Waals surface area (Å²) in [4.78, 5) is 11.7. The predicted octanol–water partition coefficient (Wildman–Crippen LogP) is 4.13. The molecule has 0 heterocycles. The first-order valence-electron chi connectivity index (χ1n) is 7.07. The molecule has 0 saturated heterocycles. The highest BCUT2D eigenvalue weighted by Gasteiger charge is 2.27. The van der Waals surface area contributed by atoms with Gasteiger partial charge in [-0.2, -0.15) is 0 Å². The zero-order valence-corrected chi connectivity index (χ0v) is 12.3. The predicted molar refractivity (Wildman–Crippen MR) is 83.2 cm³/mol. The molecule has 2 atom stereocenters. The molecule has 1 amide bonds. The van der Waals surface area contributed by atoms with Crippen LogP contribution in [-0.2, 0) is 4.79 Å². The van der Waals surface area contributed by atoms with Gasteiger partial charge in [-0.1, -0.05) is 43.3 Å². The van der Waals surface area contributed by atoms with Gasteiger partial charge in [-0.25, -0.2) is 0 Å². The Morgan fingerprint density at radius 3 is 2.85 bits per heavy atom. The molecule has 0 spiro atoms. The number of fused-ring (bicyclic) bond motifs is 3. The maximum absolute atomic E-state index is 11.7. The summed E-state index contributed by atoms with van der Waals surface area (Å²) in [5.41, 5.74) is 2.63. The van der Waals surface area contributed by atoms with Gasteiger partial charge in [0.1, 0.15) is 5.88 Å². The average Bonchev–Trinajstić information content (AvgIpc) is 2.49. The average molecular weight is 288 g/mol. The lowest BCUT2D eigenvalue weighted by molar-refractivity contribution is -0.119. The topological polar surface area (TPSA) is 29.1 Å². The summed E-state index contributed by atoms with van der Waals surface area (Å²) < 4.78 is 0. The van der Waals surface area contributed by atoms with Gasteiger partial charge in [0, 0.05) is 0 Å². The second kappa shape index (κ2) is 5.45. The number of rotatable bonds is 2. The summed E-state index contributed by atoms with van der Waals surface area (Å²) in [6, 6.07) is 12.8. The van der Waals surface area contributed by atoms with Crippen molar-refractivity contribution in [3.05, 3.63) is 47.5 Å². The number of carbonyl (C=O) groups excluding carboxylic acids is 1. The van der Waals surface area contributed by atoms with Gasteiger partial charge in [-0.15, -0.1) is 11.6 Å². The van der Waals surface area contributed by atoms with Gasteiger partial charge in [-0.05, 0) is 40.7 Å².